The molecule has 0 saturated heterocycles. The normalized spacial score (nSPS) is 13.3. The molecule has 0 saturated carbocycles. The number of rotatable bonds is 12. The monoisotopic (exact) mass is 595 g/mol. The minimum atomic E-state index is -4.19. The molecule has 1 aliphatic rings. The Labute approximate surface area is 247 Å². The van der Waals surface area contributed by atoms with E-state index in [1.807, 2.05) is 19.9 Å². The van der Waals surface area contributed by atoms with Crippen LogP contribution in [-0.2, 0) is 26.2 Å². The molecule has 0 aliphatic carbocycles. The molecule has 0 radical (unpaired) electrons. The van der Waals surface area contributed by atoms with E-state index in [4.69, 9.17) is 14.2 Å². The number of carbonyl (C=O) groups is 2. The van der Waals surface area contributed by atoms with E-state index in [0.29, 0.717) is 37.0 Å². The Kier molecular flexibility index (Phi) is 9.95. The van der Waals surface area contributed by atoms with Gasteiger partial charge in [0.25, 0.3) is 10.0 Å². The minimum absolute atomic E-state index is 0.0229. The summed E-state index contributed by atoms with van der Waals surface area (Å²) in [6, 6.07) is 18.9. The summed E-state index contributed by atoms with van der Waals surface area (Å²) in [7, 11) is -2.65. The maximum absolute atomic E-state index is 14.1. The Morgan fingerprint density at radius 1 is 0.929 bits per heavy atom. The maximum atomic E-state index is 14.1. The molecule has 0 unspecified atom stereocenters. The van der Waals surface area contributed by atoms with Crippen molar-refractivity contribution in [1.82, 2.24) is 10.2 Å². The predicted octanol–water partition coefficient (Wildman–Crippen LogP) is 3.85. The molecule has 0 bridgehead atoms. The molecule has 42 heavy (non-hydrogen) atoms. The van der Waals surface area contributed by atoms with Gasteiger partial charge in [0.2, 0.25) is 11.8 Å². The average Bonchev–Trinajstić information content (AvgIpc) is 3.01. The highest BCUT2D eigenvalue weighted by Crippen LogP contribution is 2.36. The highest BCUT2D eigenvalue weighted by Gasteiger charge is 2.33. The van der Waals surface area contributed by atoms with Crippen LogP contribution in [0.5, 0.6) is 17.2 Å². The van der Waals surface area contributed by atoms with Gasteiger partial charge in [-0.05, 0) is 54.8 Å². The molecule has 10 nitrogen and oxygen atoms in total. The Balaban J connectivity index is 1.72. The molecule has 1 atom stereocenters. The van der Waals surface area contributed by atoms with Crippen LogP contribution in [0.15, 0.2) is 77.7 Å². The number of anilines is 1. The first-order chi connectivity index (χ1) is 20.1. The van der Waals surface area contributed by atoms with E-state index in [0.717, 1.165) is 9.87 Å². The van der Waals surface area contributed by atoms with Gasteiger partial charge in [0.15, 0.2) is 11.5 Å². The van der Waals surface area contributed by atoms with Gasteiger partial charge >= 0.3 is 0 Å². The molecule has 3 aromatic rings. The van der Waals surface area contributed by atoms with Crippen LogP contribution < -0.4 is 23.8 Å². The summed E-state index contributed by atoms with van der Waals surface area (Å²) < 4.78 is 45.6. The molecule has 11 heteroatoms. The van der Waals surface area contributed by atoms with Gasteiger partial charge < -0.3 is 24.4 Å². The number of nitrogens with zero attached hydrogens (tertiary/aromatic N) is 2. The minimum Gasteiger partial charge on any atom is -0.497 e. The van der Waals surface area contributed by atoms with Crippen molar-refractivity contribution in [3.8, 4) is 17.2 Å². The van der Waals surface area contributed by atoms with Crippen molar-refractivity contribution in [1.29, 1.82) is 0 Å². The molecule has 2 amide bonds. The fourth-order valence-electron chi connectivity index (χ4n) is 4.44. The zero-order valence-electron chi connectivity index (χ0n) is 24.3. The number of hydrogen-bond donors (Lipinski definition) is 1. The number of methoxy groups -OCH3 is 1. The van der Waals surface area contributed by atoms with Crippen LogP contribution in [-0.4, -0.2) is 64.6 Å². The van der Waals surface area contributed by atoms with Crippen molar-refractivity contribution in [2.24, 2.45) is 5.92 Å². The lowest BCUT2D eigenvalue weighted by Crippen LogP contribution is -2.51. The number of carbonyl (C=O) groups excluding carboxylic acids is 2. The SMILES string of the molecule is COc1cccc(CN(C(=O)CN(c2ccc3c(c2)OCCO3)S(=O)(=O)c2ccccc2)[C@@H](C)C(=O)NCC(C)C)c1. The molecule has 4 rings (SSSR count). The van der Waals surface area contributed by atoms with Crippen molar-refractivity contribution in [3.63, 3.8) is 0 Å². The van der Waals surface area contributed by atoms with Gasteiger partial charge in [-0.2, -0.15) is 0 Å². The number of sulfonamides is 1. The molecule has 1 aliphatic heterocycles. The zero-order valence-corrected chi connectivity index (χ0v) is 25.1. The summed E-state index contributed by atoms with van der Waals surface area (Å²) in [5.41, 5.74) is 0.956. The molecule has 1 heterocycles. The van der Waals surface area contributed by atoms with Gasteiger partial charge in [0, 0.05) is 19.2 Å². The molecule has 3 aromatic carbocycles. The summed E-state index contributed by atoms with van der Waals surface area (Å²) in [5, 5.41) is 2.88. The Morgan fingerprint density at radius 3 is 2.33 bits per heavy atom. The lowest BCUT2D eigenvalue weighted by molar-refractivity contribution is -0.139. The van der Waals surface area contributed by atoms with Gasteiger partial charge in [-0.25, -0.2) is 8.42 Å². The van der Waals surface area contributed by atoms with Crippen molar-refractivity contribution >= 4 is 27.5 Å². The molecule has 0 aromatic heterocycles. The van der Waals surface area contributed by atoms with Gasteiger partial charge in [-0.1, -0.05) is 44.2 Å². The quantitative estimate of drug-likeness (QED) is 0.338. The summed E-state index contributed by atoms with van der Waals surface area (Å²) in [6.07, 6.45) is 0. The number of fused-ring (bicyclic) bond motifs is 1. The molecule has 0 spiro atoms. The number of ether oxygens (including phenoxy) is 3. The van der Waals surface area contributed by atoms with Crippen LogP contribution in [0, 0.1) is 5.92 Å². The first-order valence-corrected chi connectivity index (χ1v) is 15.2. The van der Waals surface area contributed by atoms with Crippen molar-refractivity contribution < 1.29 is 32.2 Å². The Morgan fingerprint density at radius 2 is 1.64 bits per heavy atom. The van der Waals surface area contributed by atoms with E-state index in [1.165, 1.54) is 17.0 Å². The highest BCUT2D eigenvalue weighted by molar-refractivity contribution is 7.92. The second-order valence-corrected chi connectivity index (χ2v) is 12.2. The fourth-order valence-corrected chi connectivity index (χ4v) is 5.87. The lowest BCUT2D eigenvalue weighted by Gasteiger charge is -2.32. The van der Waals surface area contributed by atoms with E-state index in [2.05, 4.69) is 5.32 Å². The molecule has 1 N–H and O–H groups in total. The third-order valence-electron chi connectivity index (χ3n) is 6.76. The highest BCUT2D eigenvalue weighted by atomic mass is 32.2. The maximum Gasteiger partial charge on any atom is 0.264 e. The summed E-state index contributed by atoms with van der Waals surface area (Å²) in [6.45, 7) is 6.23. The van der Waals surface area contributed by atoms with Crippen LogP contribution in [0.25, 0.3) is 0 Å². The summed E-state index contributed by atoms with van der Waals surface area (Å²) in [5.74, 6) is 0.792. The fraction of sp³-hybridized carbons (Fsp3) is 0.355. The standard InChI is InChI=1S/C31H37N3O7S/c1-22(2)19-32-31(36)23(3)33(20-24-9-8-10-26(17-24)39-4)30(35)21-34(42(37,38)27-11-6-5-7-12-27)25-13-14-28-29(18-25)41-16-15-40-28/h5-14,17-18,22-23H,15-16,19-21H2,1-4H3,(H,32,36)/t23-/m0/s1. The first kappa shape index (κ1) is 30.7. The molecule has 0 fully saturated rings. The van der Waals surface area contributed by atoms with Gasteiger partial charge in [-0.15, -0.1) is 0 Å². The second kappa shape index (κ2) is 13.6. The van der Waals surface area contributed by atoms with Gasteiger partial charge in [0.05, 0.1) is 17.7 Å². The summed E-state index contributed by atoms with van der Waals surface area (Å²) >= 11 is 0. The van der Waals surface area contributed by atoms with E-state index >= 15 is 0 Å². The van der Waals surface area contributed by atoms with Crippen LogP contribution in [0.1, 0.15) is 26.3 Å². The van der Waals surface area contributed by atoms with E-state index in [9.17, 15) is 18.0 Å². The number of hydrogen-bond acceptors (Lipinski definition) is 7. The van der Waals surface area contributed by atoms with Crippen LogP contribution in [0.4, 0.5) is 5.69 Å². The van der Waals surface area contributed by atoms with Crippen LogP contribution in [0.2, 0.25) is 0 Å². The van der Waals surface area contributed by atoms with Crippen molar-refractivity contribution in [3.05, 3.63) is 78.4 Å². The van der Waals surface area contributed by atoms with E-state index in [1.54, 1.807) is 68.6 Å². The zero-order chi connectivity index (χ0) is 30.3. The van der Waals surface area contributed by atoms with E-state index < -0.39 is 28.5 Å². The third kappa shape index (κ3) is 7.33. The molecule has 224 valence electrons. The Bertz CT molecular complexity index is 1500. The van der Waals surface area contributed by atoms with Gasteiger partial charge in [-0.3, -0.25) is 13.9 Å². The van der Waals surface area contributed by atoms with Crippen molar-refractivity contribution in [2.45, 2.75) is 38.3 Å². The average molecular weight is 596 g/mol. The smallest absolute Gasteiger partial charge is 0.264 e. The van der Waals surface area contributed by atoms with E-state index in [-0.39, 0.29) is 29.0 Å². The number of amides is 2. The lowest BCUT2D eigenvalue weighted by atomic mass is 10.1. The molecular weight excluding hydrogens is 558 g/mol. The predicted molar refractivity (Wildman–Crippen MR) is 159 cm³/mol. The summed E-state index contributed by atoms with van der Waals surface area (Å²) in [4.78, 5) is 28.6. The van der Waals surface area contributed by atoms with Gasteiger partial charge in [0.1, 0.15) is 31.5 Å². The Hall–Kier alpha value is -4.25. The largest absolute Gasteiger partial charge is 0.497 e. The number of benzene rings is 3. The van der Waals surface area contributed by atoms with Crippen LogP contribution in [0.3, 0.4) is 0 Å². The second-order valence-electron chi connectivity index (χ2n) is 10.3. The third-order valence-corrected chi connectivity index (χ3v) is 8.55. The van der Waals surface area contributed by atoms with Crippen LogP contribution >= 0.6 is 0 Å². The van der Waals surface area contributed by atoms with Crippen molar-refractivity contribution in [2.75, 3.05) is 37.7 Å². The number of nitrogens with one attached hydrogen (secondary N) is 1. The first-order valence-electron chi connectivity index (χ1n) is 13.8. The molecular formula is C31H37N3O7S. The topological polar surface area (TPSA) is 114 Å².